The number of likely N-dealkylation sites (tertiary alicyclic amines) is 1. The summed E-state index contributed by atoms with van der Waals surface area (Å²) in [6.45, 7) is 0.822. The van der Waals surface area contributed by atoms with Gasteiger partial charge in [0.2, 0.25) is 11.8 Å². The summed E-state index contributed by atoms with van der Waals surface area (Å²) < 4.78 is 0. The molecule has 1 saturated heterocycles. The molecule has 5 nitrogen and oxygen atoms in total. The van der Waals surface area contributed by atoms with Crippen LogP contribution in [0.5, 0.6) is 0 Å². The minimum absolute atomic E-state index is 0.0762. The van der Waals surface area contributed by atoms with Crippen LogP contribution in [0.4, 0.5) is 11.4 Å². The molecule has 1 aromatic rings. The van der Waals surface area contributed by atoms with Crippen molar-refractivity contribution >= 4 is 23.2 Å². The van der Waals surface area contributed by atoms with Gasteiger partial charge in [0.25, 0.3) is 0 Å². The quantitative estimate of drug-likeness (QED) is 0.910. The molecule has 1 aromatic carbocycles. The lowest BCUT2D eigenvalue weighted by atomic mass is 10.1. The van der Waals surface area contributed by atoms with E-state index in [2.05, 4.69) is 5.32 Å². The number of nitrogens with one attached hydrogen (secondary N) is 1. The highest BCUT2D eigenvalue weighted by Gasteiger charge is 2.20. The van der Waals surface area contributed by atoms with Crippen molar-refractivity contribution in [3.63, 3.8) is 0 Å². The second-order valence-corrected chi connectivity index (χ2v) is 5.23. The van der Waals surface area contributed by atoms with Gasteiger partial charge in [-0.3, -0.25) is 9.59 Å². The molecule has 5 heteroatoms. The summed E-state index contributed by atoms with van der Waals surface area (Å²) in [4.78, 5) is 27.4. The Morgan fingerprint density at radius 3 is 2.75 bits per heavy atom. The van der Waals surface area contributed by atoms with Gasteiger partial charge in [0.05, 0.1) is 17.9 Å². The molecule has 0 aliphatic carbocycles. The molecule has 0 radical (unpaired) electrons. The van der Waals surface area contributed by atoms with Gasteiger partial charge in [-0.15, -0.1) is 0 Å². The van der Waals surface area contributed by atoms with Gasteiger partial charge >= 0.3 is 0 Å². The fourth-order valence-electron chi connectivity index (χ4n) is 2.36. The lowest BCUT2D eigenvalue weighted by Gasteiger charge is -2.26. The van der Waals surface area contributed by atoms with Crippen LogP contribution in [0.1, 0.15) is 19.3 Å². The molecule has 0 spiro atoms. The Balaban J connectivity index is 1.99. The van der Waals surface area contributed by atoms with Crippen LogP contribution in [0.25, 0.3) is 0 Å². The van der Waals surface area contributed by atoms with Gasteiger partial charge < -0.3 is 15.1 Å². The Labute approximate surface area is 119 Å². The summed E-state index contributed by atoms with van der Waals surface area (Å²) in [5, 5.41) is 2.89. The smallest absolute Gasteiger partial charge is 0.244 e. The number of hydrogen-bond acceptors (Lipinski definition) is 3. The number of piperidine rings is 1. The van der Waals surface area contributed by atoms with Crippen molar-refractivity contribution in [3.05, 3.63) is 24.3 Å². The highest BCUT2D eigenvalue weighted by Crippen LogP contribution is 2.23. The SMILES string of the molecule is CN(C)c1ccccc1NC(=O)CN1CCCCC1=O. The monoisotopic (exact) mass is 275 g/mol. The Morgan fingerprint density at radius 2 is 2.05 bits per heavy atom. The van der Waals surface area contributed by atoms with E-state index < -0.39 is 0 Å². The standard InChI is InChI=1S/C15H21N3O2/c1-17(2)13-8-4-3-7-12(13)16-14(19)11-18-10-6-5-9-15(18)20/h3-4,7-8H,5-6,9-11H2,1-2H3,(H,16,19). The third-order valence-corrected chi connectivity index (χ3v) is 3.42. The van der Waals surface area contributed by atoms with Gasteiger partial charge in [-0.1, -0.05) is 12.1 Å². The Morgan fingerprint density at radius 1 is 1.30 bits per heavy atom. The molecule has 1 fully saturated rings. The predicted octanol–water partition coefficient (Wildman–Crippen LogP) is 1.70. The zero-order chi connectivity index (χ0) is 14.5. The van der Waals surface area contributed by atoms with Gasteiger partial charge in [0, 0.05) is 27.1 Å². The molecule has 0 atom stereocenters. The van der Waals surface area contributed by atoms with Gasteiger partial charge in [0.1, 0.15) is 0 Å². The van der Waals surface area contributed by atoms with E-state index in [-0.39, 0.29) is 18.4 Å². The van der Waals surface area contributed by atoms with Crippen LogP contribution in [0.15, 0.2) is 24.3 Å². The summed E-state index contributed by atoms with van der Waals surface area (Å²) >= 11 is 0. The maximum absolute atomic E-state index is 12.1. The number of para-hydroxylation sites is 2. The topological polar surface area (TPSA) is 52.7 Å². The molecule has 20 heavy (non-hydrogen) atoms. The molecule has 0 bridgehead atoms. The van der Waals surface area contributed by atoms with Crippen molar-refractivity contribution < 1.29 is 9.59 Å². The molecule has 0 saturated carbocycles. The molecule has 1 heterocycles. The van der Waals surface area contributed by atoms with E-state index in [9.17, 15) is 9.59 Å². The first-order chi connectivity index (χ1) is 9.58. The molecule has 0 unspecified atom stereocenters. The highest BCUT2D eigenvalue weighted by molar-refractivity contribution is 5.97. The second kappa shape index (κ2) is 6.41. The van der Waals surface area contributed by atoms with E-state index >= 15 is 0 Å². The summed E-state index contributed by atoms with van der Waals surface area (Å²) in [6.07, 6.45) is 2.47. The molecular formula is C15H21N3O2. The molecule has 1 aliphatic rings. The average molecular weight is 275 g/mol. The molecular weight excluding hydrogens is 254 g/mol. The van der Waals surface area contributed by atoms with Crippen LogP contribution in [-0.2, 0) is 9.59 Å². The van der Waals surface area contributed by atoms with E-state index in [0.29, 0.717) is 13.0 Å². The number of amides is 2. The largest absolute Gasteiger partial charge is 0.376 e. The summed E-state index contributed by atoms with van der Waals surface area (Å²) in [5.74, 6) is -0.0677. The fraction of sp³-hybridized carbons (Fsp3) is 0.467. The van der Waals surface area contributed by atoms with E-state index in [4.69, 9.17) is 0 Å². The Hall–Kier alpha value is -2.04. The van der Waals surface area contributed by atoms with Gasteiger partial charge in [-0.25, -0.2) is 0 Å². The highest BCUT2D eigenvalue weighted by atomic mass is 16.2. The first kappa shape index (κ1) is 14.4. The number of nitrogens with zero attached hydrogens (tertiary/aromatic N) is 2. The average Bonchev–Trinajstić information content (AvgIpc) is 2.41. The second-order valence-electron chi connectivity index (χ2n) is 5.23. The van der Waals surface area contributed by atoms with Crippen molar-refractivity contribution in [3.8, 4) is 0 Å². The number of anilines is 2. The zero-order valence-electron chi connectivity index (χ0n) is 12.1. The van der Waals surface area contributed by atoms with Gasteiger partial charge in [-0.05, 0) is 25.0 Å². The molecule has 108 valence electrons. The molecule has 1 aliphatic heterocycles. The maximum atomic E-state index is 12.1. The van der Waals surface area contributed by atoms with E-state index in [1.165, 1.54) is 0 Å². The molecule has 2 amide bonds. The van der Waals surface area contributed by atoms with E-state index in [1.54, 1.807) is 4.90 Å². The number of carbonyl (C=O) groups is 2. The van der Waals surface area contributed by atoms with Crippen molar-refractivity contribution in [2.75, 3.05) is 37.4 Å². The van der Waals surface area contributed by atoms with Crippen molar-refractivity contribution in [2.24, 2.45) is 0 Å². The summed E-state index contributed by atoms with van der Waals surface area (Å²) in [7, 11) is 3.86. The third-order valence-electron chi connectivity index (χ3n) is 3.42. The molecule has 2 rings (SSSR count). The van der Waals surface area contributed by atoms with Crippen LogP contribution >= 0.6 is 0 Å². The predicted molar refractivity (Wildman–Crippen MR) is 79.8 cm³/mol. The maximum Gasteiger partial charge on any atom is 0.244 e. The molecule has 1 N–H and O–H groups in total. The Kier molecular flexibility index (Phi) is 4.61. The lowest BCUT2D eigenvalue weighted by molar-refractivity contribution is -0.136. The van der Waals surface area contributed by atoms with Crippen molar-refractivity contribution in [2.45, 2.75) is 19.3 Å². The zero-order valence-corrected chi connectivity index (χ0v) is 12.1. The van der Waals surface area contributed by atoms with Gasteiger partial charge in [0.15, 0.2) is 0 Å². The van der Waals surface area contributed by atoms with E-state index in [1.807, 2.05) is 43.3 Å². The van der Waals surface area contributed by atoms with Crippen LogP contribution in [0.3, 0.4) is 0 Å². The third kappa shape index (κ3) is 3.50. The first-order valence-electron chi connectivity index (χ1n) is 6.92. The van der Waals surface area contributed by atoms with Crippen LogP contribution in [0.2, 0.25) is 0 Å². The number of benzene rings is 1. The first-order valence-corrected chi connectivity index (χ1v) is 6.92. The molecule has 0 aromatic heterocycles. The summed E-state index contributed by atoms with van der Waals surface area (Å²) in [6, 6.07) is 7.63. The normalized spacial score (nSPS) is 15.1. The summed E-state index contributed by atoms with van der Waals surface area (Å²) in [5.41, 5.74) is 1.72. The minimum Gasteiger partial charge on any atom is -0.376 e. The fourth-order valence-corrected chi connectivity index (χ4v) is 2.36. The van der Waals surface area contributed by atoms with Crippen molar-refractivity contribution in [1.82, 2.24) is 4.90 Å². The lowest BCUT2D eigenvalue weighted by Crippen LogP contribution is -2.40. The Bertz CT molecular complexity index is 500. The van der Waals surface area contributed by atoms with Crippen LogP contribution in [-0.4, -0.2) is 43.9 Å². The number of rotatable bonds is 4. The van der Waals surface area contributed by atoms with Crippen molar-refractivity contribution in [1.29, 1.82) is 0 Å². The van der Waals surface area contributed by atoms with Crippen LogP contribution in [0, 0.1) is 0 Å². The van der Waals surface area contributed by atoms with Gasteiger partial charge in [-0.2, -0.15) is 0 Å². The number of carbonyl (C=O) groups excluding carboxylic acids is 2. The van der Waals surface area contributed by atoms with Crippen LogP contribution < -0.4 is 10.2 Å². The van der Waals surface area contributed by atoms with E-state index in [0.717, 1.165) is 24.2 Å². The minimum atomic E-state index is -0.144. The number of hydrogen-bond donors (Lipinski definition) is 1.